The quantitative estimate of drug-likeness (QED) is 0.798. The van der Waals surface area contributed by atoms with Gasteiger partial charge >= 0.3 is 0 Å². The summed E-state index contributed by atoms with van der Waals surface area (Å²) in [5.74, 6) is -0.277. The van der Waals surface area contributed by atoms with E-state index in [0.717, 1.165) is 5.56 Å². The molecule has 3 nitrogen and oxygen atoms in total. The highest BCUT2D eigenvalue weighted by molar-refractivity contribution is 5.11. The molecule has 2 unspecified atom stereocenters. The number of ether oxygens (including phenoxy) is 1. The van der Waals surface area contributed by atoms with Gasteiger partial charge in [0.15, 0.2) is 0 Å². The van der Waals surface area contributed by atoms with Crippen molar-refractivity contribution in [1.82, 2.24) is 4.98 Å². The summed E-state index contributed by atoms with van der Waals surface area (Å²) in [5, 5.41) is 9.71. The number of pyridine rings is 1. The van der Waals surface area contributed by atoms with Crippen LogP contribution in [0.25, 0.3) is 0 Å². The molecule has 0 bridgehead atoms. The number of aliphatic hydroxyl groups is 1. The second-order valence-electron chi connectivity index (χ2n) is 3.91. The Kier molecular flexibility index (Phi) is 3.28. The lowest BCUT2D eigenvalue weighted by atomic mass is 9.92. The topological polar surface area (TPSA) is 42.4 Å². The highest BCUT2D eigenvalue weighted by Crippen LogP contribution is 2.19. The summed E-state index contributed by atoms with van der Waals surface area (Å²) in [6.07, 6.45) is 3.74. The highest BCUT2D eigenvalue weighted by Gasteiger charge is 2.23. The Morgan fingerprint density at radius 1 is 1.53 bits per heavy atom. The molecule has 0 amide bonds. The van der Waals surface area contributed by atoms with Crippen LogP contribution in [-0.4, -0.2) is 29.4 Å². The van der Waals surface area contributed by atoms with Gasteiger partial charge in [-0.2, -0.15) is 0 Å². The SMILES string of the molecule is OC1CCOCC1Cc1cncc(F)c1. The molecule has 1 saturated heterocycles. The van der Waals surface area contributed by atoms with Crippen molar-refractivity contribution in [2.75, 3.05) is 13.2 Å². The van der Waals surface area contributed by atoms with Crippen molar-refractivity contribution in [2.45, 2.75) is 18.9 Å². The summed E-state index contributed by atoms with van der Waals surface area (Å²) < 4.78 is 18.1. The number of rotatable bonds is 2. The number of hydrogen-bond acceptors (Lipinski definition) is 3. The molecular formula is C11H14FNO2. The van der Waals surface area contributed by atoms with Crippen LogP contribution in [0.15, 0.2) is 18.5 Å². The van der Waals surface area contributed by atoms with E-state index in [0.29, 0.717) is 26.1 Å². The van der Waals surface area contributed by atoms with Crippen LogP contribution in [0.3, 0.4) is 0 Å². The smallest absolute Gasteiger partial charge is 0.141 e. The van der Waals surface area contributed by atoms with Gasteiger partial charge in [-0.15, -0.1) is 0 Å². The fraction of sp³-hybridized carbons (Fsp3) is 0.545. The Balaban J connectivity index is 2.01. The van der Waals surface area contributed by atoms with E-state index in [1.165, 1.54) is 12.3 Å². The summed E-state index contributed by atoms with van der Waals surface area (Å²) in [7, 11) is 0. The standard InChI is InChI=1S/C11H14FNO2/c12-10-4-8(5-13-6-10)3-9-7-15-2-1-11(9)14/h4-6,9,11,14H,1-3,7H2. The average Bonchev–Trinajstić information content (AvgIpc) is 2.22. The molecule has 1 N–H and O–H groups in total. The van der Waals surface area contributed by atoms with Gasteiger partial charge in [-0.05, 0) is 24.5 Å². The first kappa shape index (κ1) is 10.5. The number of halogens is 1. The zero-order valence-electron chi connectivity index (χ0n) is 8.40. The van der Waals surface area contributed by atoms with Gasteiger partial charge in [-0.3, -0.25) is 4.98 Å². The minimum absolute atomic E-state index is 0.0577. The van der Waals surface area contributed by atoms with Crippen molar-refractivity contribution in [3.8, 4) is 0 Å². The molecule has 1 fully saturated rings. The van der Waals surface area contributed by atoms with Gasteiger partial charge in [-0.1, -0.05) is 0 Å². The fourth-order valence-corrected chi connectivity index (χ4v) is 1.85. The molecule has 1 aromatic rings. The van der Waals surface area contributed by atoms with Crippen molar-refractivity contribution in [3.05, 3.63) is 29.8 Å². The molecule has 0 spiro atoms. The Morgan fingerprint density at radius 3 is 3.13 bits per heavy atom. The molecule has 1 aliphatic rings. The van der Waals surface area contributed by atoms with Crippen LogP contribution in [-0.2, 0) is 11.2 Å². The van der Waals surface area contributed by atoms with Crippen molar-refractivity contribution in [2.24, 2.45) is 5.92 Å². The molecule has 1 aromatic heterocycles. The van der Waals surface area contributed by atoms with Crippen LogP contribution < -0.4 is 0 Å². The van der Waals surface area contributed by atoms with Gasteiger partial charge in [0.05, 0.1) is 18.9 Å². The molecule has 0 saturated carbocycles. The summed E-state index contributed by atoms with van der Waals surface area (Å²) >= 11 is 0. The average molecular weight is 211 g/mol. The van der Waals surface area contributed by atoms with E-state index in [4.69, 9.17) is 4.74 Å². The van der Waals surface area contributed by atoms with E-state index in [2.05, 4.69) is 4.98 Å². The number of nitrogens with zero attached hydrogens (tertiary/aromatic N) is 1. The first-order valence-corrected chi connectivity index (χ1v) is 5.11. The van der Waals surface area contributed by atoms with Gasteiger partial charge in [0.25, 0.3) is 0 Å². The number of aromatic nitrogens is 1. The molecule has 2 atom stereocenters. The van der Waals surface area contributed by atoms with Crippen LogP contribution in [0.2, 0.25) is 0 Å². The largest absolute Gasteiger partial charge is 0.393 e. The number of hydrogen-bond donors (Lipinski definition) is 1. The van der Waals surface area contributed by atoms with Gasteiger partial charge in [-0.25, -0.2) is 4.39 Å². The van der Waals surface area contributed by atoms with Gasteiger partial charge in [0, 0.05) is 18.7 Å². The van der Waals surface area contributed by atoms with Crippen LogP contribution in [0, 0.1) is 11.7 Å². The van der Waals surface area contributed by atoms with Crippen molar-refractivity contribution in [3.63, 3.8) is 0 Å². The van der Waals surface area contributed by atoms with E-state index in [1.807, 2.05) is 0 Å². The van der Waals surface area contributed by atoms with Crippen LogP contribution in [0.5, 0.6) is 0 Å². The molecule has 0 aliphatic carbocycles. The third-order valence-corrected chi connectivity index (χ3v) is 2.69. The second-order valence-corrected chi connectivity index (χ2v) is 3.91. The maximum atomic E-state index is 12.9. The zero-order valence-corrected chi connectivity index (χ0v) is 8.40. The molecule has 82 valence electrons. The van der Waals surface area contributed by atoms with Crippen molar-refractivity contribution >= 4 is 0 Å². The predicted molar refractivity (Wildman–Crippen MR) is 52.8 cm³/mol. The lowest BCUT2D eigenvalue weighted by Crippen LogP contribution is -2.33. The Bertz CT molecular complexity index is 332. The van der Waals surface area contributed by atoms with E-state index >= 15 is 0 Å². The van der Waals surface area contributed by atoms with Gasteiger partial charge in [0.1, 0.15) is 5.82 Å². The van der Waals surface area contributed by atoms with Crippen LogP contribution >= 0.6 is 0 Å². The van der Waals surface area contributed by atoms with E-state index in [1.54, 1.807) is 6.20 Å². The Labute approximate surface area is 87.9 Å². The second kappa shape index (κ2) is 4.68. The van der Waals surface area contributed by atoms with Crippen molar-refractivity contribution in [1.29, 1.82) is 0 Å². The normalized spacial score (nSPS) is 26.5. The lowest BCUT2D eigenvalue weighted by molar-refractivity contribution is -0.0351. The third kappa shape index (κ3) is 2.73. The van der Waals surface area contributed by atoms with Crippen molar-refractivity contribution < 1.29 is 14.2 Å². The molecule has 0 aromatic carbocycles. The molecular weight excluding hydrogens is 197 g/mol. The van der Waals surface area contributed by atoms with E-state index in [-0.39, 0.29) is 17.8 Å². The first-order valence-electron chi connectivity index (χ1n) is 5.11. The van der Waals surface area contributed by atoms with Crippen LogP contribution in [0.4, 0.5) is 4.39 Å². The highest BCUT2D eigenvalue weighted by atomic mass is 19.1. The summed E-state index contributed by atoms with van der Waals surface area (Å²) in [6.45, 7) is 1.15. The monoisotopic (exact) mass is 211 g/mol. The molecule has 0 radical (unpaired) electrons. The van der Waals surface area contributed by atoms with Gasteiger partial charge < -0.3 is 9.84 Å². The zero-order chi connectivity index (χ0) is 10.7. The minimum Gasteiger partial charge on any atom is -0.393 e. The molecule has 1 aliphatic heterocycles. The van der Waals surface area contributed by atoms with Crippen LogP contribution in [0.1, 0.15) is 12.0 Å². The minimum atomic E-state index is -0.345. The van der Waals surface area contributed by atoms with E-state index in [9.17, 15) is 9.50 Å². The molecule has 2 heterocycles. The Hall–Kier alpha value is -1.00. The number of aliphatic hydroxyl groups excluding tert-OH is 1. The predicted octanol–water partition coefficient (Wildman–Crippen LogP) is 1.16. The lowest BCUT2D eigenvalue weighted by Gasteiger charge is -2.27. The molecule has 2 rings (SSSR count). The first-order chi connectivity index (χ1) is 7.25. The Morgan fingerprint density at radius 2 is 2.40 bits per heavy atom. The summed E-state index contributed by atoms with van der Waals surface area (Å²) in [5.41, 5.74) is 0.810. The third-order valence-electron chi connectivity index (χ3n) is 2.69. The maximum Gasteiger partial charge on any atom is 0.141 e. The summed E-state index contributed by atoms with van der Waals surface area (Å²) in [6, 6.07) is 1.45. The summed E-state index contributed by atoms with van der Waals surface area (Å²) in [4.78, 5) is 3.78. The van der Waals surface area contributed by atoms with E-state index < -0.39 is 0 Å². The fourth-order valence-electron chi connectivity index (χ4n) is 1.85. The molecule has 4 heteroatoms. The maximum absolute atomic E-state index is 12.9. The van der Waals surface area contributed by atoms with Gasteiger partial charge in [0.2, 0.25) is 0 Å². The molecule has 15 heavy (non-hydrogen) atoms.